The number of Topliss-reactive ketones (excluding diaryl/α,β-unsaturated/α-hetero) is 1. The summed E-state index contributed by atoms with van der Waals surface area (Å²) in [6.45, 7) is 10.5. The molecule has 5 heteroatoms. The number of nitrogens with two attached hydrogens (primary N) is 1. The van der Waals surface area contributed by atoms with Crippen LogP contribution in [0, 0.1) is 40.4 Å². The lowest BCUT2D eigenvalue weighted by Crippen LogP contribution is -2.62. The minimum absolute atomic E-state index is 0.0484. The molecule has 0 aromatic carbocycles. The van der Waals surface area contributed by atoms with Crippen LogP contribution < -0.4 is 5.73 Å². The molecule has 0 aliphatic heterocycles. The van der Waals surface area contributed by atoms with Gasteiger partial charge in [-0.2, -0.15) is 0 Å². The van der Waals surface area contributed by atoms with E-state index in [1.807, 2.05) is 6.08 Å². The predicted octanol–water partition coefficient (Wildman–Crippen LogP) is 4.15. The zero-order valence-electron chi connectivity index (χ0n) is 21.9. The summed E-state index contributed by atoms with van der Waals surface area (Å²) in [6.07, 6.45) is 10.6. The lowest BCUT2D eigenvalue weighted by molar-refractivity contribution is -0.114. The highest BCUT2D eigenvalue weighted by Gasteiger charge is 2.65. The molecule has 3 saturated carbocycles. The molecule has 34 heavy (non-hydrogen) atoms. The Morgan fingerprint density at radius 2 is 1.88 bits per heavy atom. The van der Waals surface area contributed by atoms with Crippen molar-refractivity contribution in [2.24, 2.45) is 46.2 Å². The van der Waals surface area contributed by atoms with E-state index >= 15 is 0 Å². The number of ketones is 1. The van der Waals surface area contributed by atoms with Crippen LogP contribution in [-0.2, 0) is 4.79 Å². The van der Waals surface area contributed by atoms with Gasteiger partial charge in [-0.1, -0.05) is 45.4 Å². The van der Waals surface area contributed by atoms with E-state index < -0.39 is 12.2 Å². The van der Waals surface area contributed by atoms with E-state index in [1.165, 1.54) is 12.5 Å². The summed E-state index contributed by atoms with van der Waals surface area (Å²) < 4.78 is 0. The third-order valence-electron chi connectivity index (χ3n) is 11.5. The van der Waals surface area contributed by atoms with Gasteiger partial charge in [0.2, 0.25) is 0 Å². The molecular weight excluding hydrogens is 426 g/mol. The van der Waals surface area contributed by atoms with Gasteiger partial charge in [-0.05, 0) is 86.9 Å². The molecule has 4 rings (SSSR count). The Balaban J connectivity index is 1.57. The molecule has 10 atom stereocenters. The van der Waals surface area contributed by atoms with Crippen molar-refractivity contribution >= 4 is 5.78 Å². The van der Waals surface area contributed by atoms with E-state index in [1.54, 1.807) is 0 Å². The number of aliphatic hydroxyl groups is 3. The average molecular weight is 474 g/mol. The molecule has 0 spiro atoms. The summed E-state index contributed by atoms with van der Waals surface area (Å²) in [5.41, 5.74) is 8.72. The molecule has 0 aromatic heterocycles. The van der Waals surface area contributed by atoms with Gasteiger partial charge in [0.1, 0.15) is 0 Å². The predicted molar refractivity (Wildman–Crippen MR) is 135 cm³/mol. The van der Waals surface area contributed by atoms with Crippen LogP contribution in [0.5, 0.6) is 0 Å². The zero-order chi connectivity index (χ0) is 25.1. The molecule has 0 bridgehead atoms. The number of fused-ring (bicyclic) bond motifs is 5. The molecule has 5 nitrogen and oxygen atoms in total. The Morgan fingerprint density at radius 3 is 2.53 bits per heavy atom. The largest absolute Gasteiger partial charge is 0.393 e. The van der Waals surface area contributed by atoms with E-state index in [9.17, 15) is 20.1 Å². The number of hydrogen-bond acceptors (Lipinski definition) is 5. The Bertz CT molecular complexity index is 866. The van der Waals surface area contributed by atoms with Gasteiger partial charge >= 0.3 is 0 Å². The highest BCUT2D eigenvalue weighted by molar-refractivity contribution is 5.93. The van der Waals surface area contributed by atoms with Crippen LogP contribution in [0.15, 0.2) is 23.3 Å². The third kappa shape index (κ3) is 3.77. The van der Waals surface area contributed by atoms with Gasteiger partial charge in [-0.3, -0.25) is 4.79 Å². The van der Waals surface area contributed by atoms with Gasteiger partial charge in [-0.15, -0.1) is 0 Å². The normalized spacial score (nSPS) is 46.1. The van der Waals surface area contributed by atoms with E-state index in [4.69, 9.17) is 5.73 Å². The lowest BCUT2D eigenvalue weighted by atomic mass is 9.45. The maximum Gasteiger partial charge on any atom is 0.157 e. The van der Waals surface area contributed by atoms with E-state index in [0.29, 0.717) is 48.0 Å². The first-order chi connectivity index (χ1) is 15.9. The molecule has 4 aliphatic rings. The standard InChI is InChI=1S/C29H47NO4/c1-17(6-7-20(16-31)19(3)32)18(2)29(30)13-11-24-23-9-8-21-14-22(33)15-26(34)28(21,5)25(23)10-12-27(24,29)4/h7-8,17-18,22-26,31,33-34H,6,9-16,30H2,1-5H3/b20-7-/t17?,18-,22-,23+,24+,25+,26+,27+,28+,29+/m1/s1. The summed E-state index contributed by atoms with van der Waals surface area (Å²) in [5.74, 6) is 2.07. The van der Waals surface area contributed by atoms with Crippen molar-refractivity contribution in [1.29, 1.82) is 0 Å². The van der Waals surface area contributed by atoms with Crippen molar-refractivity contribution in [3.05, 3.63) is 23.3 Å². The molecule has 0 heterocycles. The fraction of sp³-hybridized carbons (Fsp3) is 0.828. The molecule has 0 aromatic rings. The van der Waals surface area contributed by atoms with Crippen molar-refractivity contribution in [2.75, 3.05) is 6.61 Å². The first-order valence-corrected chi connectivity index (χ1v) is 13.6. The van der Waals surface area contributed by atoms with E-state index in [0.717, 1.165) is 38.5 Å². The maximum atomic E-state index is 11.7. The van der Waals surface area contributed by atoms with E-state index in [-0.39, 0.29) is 28.8 Å². The number of rotatable bonds is 6. The topological polar surface area (TPSA) is 104 Å². The van der Waals surface area contributed by atoms with Gasteiger partial charge in [-0.25, -0.2) is 0 Å². The van der Waals surface area contributed by atoms with Crippen molar-refractivity contribution in [2.45, 2.75) is 104 Å². The summed E-state index contributed by atoms with van der Waals surface area (Å²) >= 11 is 0. The first-order valence-electron chi connectivity index (χ1n) is 13.6. The molecule has 0 saturated heterocycles. The van der Waals surface area contributed by atoms with Gasteiger partial charge in [0, 0.05) is 22.9 Å². The molecule has 4 aliphatic carbocycles. The van der Waals surface area contributed by atoms with Crippen molar-refractivity contribution in [3.63, 3.8) is 0 Å². The lowest BCUT2D eigenvalue weighted by Gasteiger charge is -2.61. The summed E-state index contributed by atoms with van der Waals surface area (Å²) in [6, 6.07) is 0. The highest BCUT2D eigenvalue weighted by Crippen LogP contribution is 2.68. The average Bonchev–Trinajstić information content (AvgIpc) is 3.06. The monoisotopic (exact) mass is 473 g/mol. The van der Waals surface area contributed by atoms with Crippen LogP contribution >= 0.6 is 0 Å². The van der Waals surface area contributed by atoms with Crippen LogP contribution in [0.4, 0.5) is 0 Å². The Morgan fingerprint density at radius 1 is 1.21 bits per heavy atom. The maximum absolute atomic E-state index is 11.7. The molecule has 192 valence electrons. The number of allylic oxidation sites excluding steroid dienone is 2. The molecule has 5 N–H and O–H groups in total. The summed E-state index contributed by atoms with van der Waals surface area (Å²) in [5, 5.41) is 30.9. The van der Waals surface area contributed by atoms with Gasteiger partial charge < -0.3 is 21.1 Å². The molecule has 3 fully saturated rings. The van der Waals surface area contributed by atoms with Crippen LogP contribution in [0.2, 0.25) is 0 Å². The van der Waals surface area contributed by atoms with Gasteiger partial charge in [0.25, 0.3) is 0 Å². The van der Waals surface area contributed by atoms with Gasteiger partial charge in [0.05, 0.1) is 18.8 Å². The summed E-state index contributed by atoms with van der Waals surface area (Å²) in [7, 11) is 0. The van der Waals surface area contributed by atoms with Crippen molar-refractivity contribution in [1.82, 2.24) is 0 Å². The number of aliphatic hydroxyl groups excluding tert-OH is 3. The second kappa shape index (κ2) is 9.14. The summed E-state index contributed by atoms with van der Waals surface area (Å²) in [4.78, 5) is 11.7. The number of hydrogen-bond donors (Lipinski definition) is 4. The molecule has 0 radical (unpaired) electrons. The van der Waals surface area contributed by atoms with Crippen LogP contribution in [-0.4, -0.2) is 45.5 Å². The molecule has 0 amide bonds. The first kappa shape index (κ1) is 26.1. The number of carbonyl (C=O) groups excluding carboxylic acids is 1. The third-order valence-corrected chi connectivity index (χ3v) is 11.5. The quantitative estimate of drug-likeness (QED) is 0.343. The van der Waals surface area contributed by atoms with Crippen molar-refractivity contribution in [3.8, 4) is 0 Å². The second-order valence-electron chi connectivity index (χ2n) is 12.7. The molecular formula is C29H47NO4. The van der Waals surface area contributed by atoms with Crippen LogP contribution in [0.1, 0.15) is 86.0 Å². The van der Waals surface area contributed by atoms with Crippen LogP contribution in [0.25, 0.3) is 0 Å². The Labute approximate surface area is 205 Å². The van der Waals surface area contributed by atoms with Crippen molar-refractivity contribution < 1.29 is 20.1 Å². The molecule has 1 unspecified atom stereocenters. The van der Waals surface area contributed by atoms with E-state index in [2.05, 4.69) is 33.8 Å². The minimum Gasteiger partial charge on any atom is -0.393 e. The Kier molecular flexibility index (Phi) is 7.00. The Hall–Kier alpha value is -1.01. The smallest absolute Gasteiger partial charge is 0.157 e. The minimum atomic E-state index is -0.476. The second-order valence-corrected chi connectivity index (χ2v) is 12.7. The van der Waals surface area contributed by atoms with Crippen LogP contribution in [0.3, 0.4) is 0 Å². The fourth-order valence-electron chi connectivity index (χ4n) is 8.92. The fourth-order valence-corrected chi connectivity index (χ4v) is 8.92. The highest BCUT2D eigenvalue weighted by atomic mass is 16.3. The van der Waals surface area contributed by atoms with Gasteiger partial charge in [0.15, 0.2) is 5.78 Å². The zero-order valence-corrected chi connectivity index (χ0v) is 21.9. The number of carbonyl (C=O) groups is 1. The SMILES string of the molecule is CC(=O)/C(=C\CC(C)[C@@H](C)[C@@]1(N)CC[C@H]2[C@@H]3CC=C4C[C@@H](O)C[C@H](O)[C@]4(C)[C@H]3CC[C@@]21C)CO.